The van der Waals surface area contributed by atoms with Gasteiger partial charge in [0.05, 0.1) is 15.5 Å². The van der Waals surface area contributed by atoms with Crippen molar-refractivity contribution in [2.24, 2.45) is 0 Å². The SMILES string of the molecule is O=C(OCc1nnc(-c2ccc([N+](=O)[O-])cc2)o1)c1nc(-c2cccs2)n(-c2ccccc2)n1. The second-order valence-electron chi connectivity index (χ2n) is 6.86. The summed E-state index contributed by atoms with van der Waals surface area (Å²) >= 11 is 1.48. The zero-order valence-electron chi connectivity index (χ0n) is 17.3. The summed E-state index contributed by atoms with van der Waals surface area (Å²) in [4.78, 5) is 28.2. The smallest absolute Gasteiger partial charge is 0.378 e. The number of esters is 1. The van der Waals surface area contributed by atoms with Gasteiger partial charge < -0.3 is 9.15 Å². The highest BCUT2D eigenvalue weighted by atomic mass is 32.1. The Hall–Kier alpha value is -4.71. The molecule has 0 fully saturated rings. The third kappa shape index (κ3) is 4.29. The molecule has 12 heteroatoms. The summed E-state index contributed by atoms with van der Waals surface area (Å²) in [5.74, 6) is -0.133. The zero-order valence-corrected chi connectivity index (χ0v) is 18.1. The number of para-hydroxylation sites is 1. The van der Waals surface area contributed by atoms with Gasteiger partial charge >= 0.3 is 5.97 Å². The Morgan fingerprint density at radius 3 is 2.56 bits per heavy atom. The Morgan fingerprint density at radius 2 is 1.85 bits per heavy atom. The molecule has 3 heterocycles. The van der Waals surface area contributed by atoms with Crippen LogP contribution in [0.4, 0.5) is 5.69 Å². The lowest BCUT2D eigenvalue weighted by molar-refractivity contribution is -0.384. The Bertz CT molecular complexity index is 1440. The van der Waals surface area contributed by atoms with Crippen molar-refractivity contribution in [3.8, 4) is 27.8 Å². The third-order valence-corrected chi connectivity index (χ3v) is 5.52. The molecule has 0 unspecified atom stereocenters. The van der Waals surface area contributed by atoms with E-state index in [0.717, 1.165) is 10.6 Å². The predicted octanol–water partition coefficient (Wildman–Crippen LogP) is 4.31. The van der Waals surface area contributed by atoms with Gasteiger partial charge in [0.15, 0.2) is 12.4 Å². The second kappa shape index (κ2) is 9.03. The largest absolute Gasteiger partial charge is 0.450 e. The average molecular weight is 474 g/mol. The summed E-state index contributed by atoms with van der Waals surface area (Å²) in [5.41, 5.74) is 1.20. The molecule has 0 amide bonds. The molecule has 0 spiro atoms. The minimum absolute atomic E-state index is 0.0539. The van der Waals surface area contributed by atoms with Gasteiger partial charge in [-0.1, -0.05) is 24.3 Å². The monoisotopic (exact) mass is 474 g/mol. The topological polar surface area (TPSA) is 139 Å². The van der Waals surface area contributed by atoms with Crippen LogP contribution < -0.4 is 0 Å². The van der Waals surface area contributed by atoms with E-state index in [0.29, 0.717) is 11.4 Å². The van der Waals surface area contributed by atoms with Crippen LogP contribution in [-0.4, -0.2) is 35.9 Å². The van der Waals surface area contributed by atoms with Gasteiger partial charge in [-0.25, -0.2) is 9.48 Å². The van der Waals surface area contributed by atoms with E-state index in [4.69, 9.17) is 9.15 Å². The highest BCUT2D eigenvalue weighted by Crippen LogP contribution is 2.26. The Kier molecular flexibility index (Phi) is 5.62. The predicted molar refractivity (Wildman–Crippen MR) is 120 cm³/mol. The number of hydrogen-bond donors (Lipinski definition) is 0. The Balaban J connectivity index is 1.32. The molecule has 0 aliphatic carbocycles. The van der Waals surface area contributed by atoms with Crippen LogP contribution in [0.15, 0.2) is 76.5 Å². The van der Waals surface area contributed by atoms with Gasteiger partial charge in [0.2, 0.25) is 5.89 Å². The van der Waals surface area contributed by atoms with Gasteiger partial charge in [-0.15, -0.1) is 26.6 Å². The lowest BCUT2D eigenvalue weighted by Crippen LogP contribution is -2.08. The van der Waals surface area contributed by atoms with E-state index in [1.54, 1.807) is 4.68 Å². The normalized spacial score (nSPS) is 10.8. The van der Waals surface area contributed by atoms with Crippen molar-refractivity contribution in [1.82, 2.24) is 25.0 Å². The number of non-ortho nitro benzene ring substituents is 1. The summed E-state index contributed by atoms with van der Waals surface area (Å²) in [7, 11) is 0. The molecule has 5 aromatic rings. The molecule has 3 aromatic heterocycles. The van der Waals surface area contributed by atoms with E-state index >= 15 is 0 Å². The first kappa shape index (κ1) is 21.2. The minimum Gasteiger partial charge on any atom is -0.450 e. The molecule has 0 aliphatic rings. The molecule has 0 N–H and O–H groups in total. The number of aromatic nitrogens is 5. The lowest BCUT2D eigenvalue weighted by Gasteiger charge is -2.03. The van der Waals surface area contributed by atoms with E-state index < -0.39 is 10.9 Å². The summed E-state index contributed by atoms with van der Waals surface area (Å²) in [6, 6.07) is 18.8. The van der Waals surface area contributed by atoms with Crippen LogP contribution >= 0.6 is 11.3 Å². The fourth-order valence-electron chi connectivity index (χ4n) is 3.06. The Labute approximate surface area is 195 Å². The number of ether oxygens (including phenoxy) is 1. The number of hydrogen-bond acceptors (Lipinski definition) is 10. The molecule has 0 bridgehead atoms. The van der Waals surface area contributed by atoms with Gasteiger partial charge in [0.25, 0.3) is 17.4 Å². The quantitative estimate of drug-likeness (QED) is 0.192. The maximum Gasteiger partial charge on any atom is 0.378 e. The van der Waals surface area contributed by atoms with Crippen molar-refractivity contribution in [3.05, 3.63) is 93.9 Å². The van der Waals surface area contributed by atoms with E-state index in [9.17, 15) is 14.9 Å². The maximum absolute atomic E-state index is 12.7. The molecule has 11 nitrogen and oxygen atoms in total. The van der Waals surface area contributed by atoms with E-state index in [-0.39, 0.29) is 29.9 Å². The van der Waals surface area contributed by atoms with Crippen molar-refractivity contribution in [2.45, 2.75) is 6.61 Å². The first-order valence-electron chi connectivity index (χ1n) is 9.89. The summed E-state index contributed by atoms with van der Waals surface area (Å²) in [6.07, 6.45) is 0. The molecule has 5 rings (SSSR count). The summed E-state index contributed by atoms with van der Waals surface area (Å²) in [6.45, 7) is -0.285. The Morgan fingerprint density at radius 1 is 1.06 bits per heavy atom. The van der Waals surface area contributed by atoms with Crippen molar-refractivity contribution in [3.63, 3.8) is 0 Å². The molecule has 0 atom stereocenters. The number of carbonyl (C=O) groups is 1. The molecule has 2 aromatic carbocycles. The van der Waals surface area contributed by atoms with Crippen LogP contribution in [0.1, 0.15) is 16.5 Å². The maximum atomic E-state index is 12.7. The highest BCUT2D eigenvalue weighted by Gasteiger charge is 2.21. The fourth-order valence-corrected chi connectivity index (χ4v) is 3.76. The number of nitro groups is 1. The van der Waals surface area contributed by atoms with Gasteiger partial charge in [-0.2, -0.15) is 4.98 Å². The van der Waals surface area contributed by atoms with Gasteiger partial charge in [-0.05, 0) is 35.7 Å². The highest BCUT2D eigenvalue weighted by molar-refractivity contribution is 7.13. The molecule has 0 saturated carbocycles. The molecule has 0 radical (unpaired) electrons. The lowest BCUT2D eigenvalue weighted by atomic mass is 10.2. The molecule has 0 saturated heterocycles. The van der Waals surface area contributed by atoms with Crippen LogP contribution in [-0.2, 0) is 11.3 Å². The second-order valence-corrected chi connectivity index (χ2v) is 7.81. The number of benzene rings is 2. The number of nitro benzene ring substituents is 1. The molecular weight excluding hydrogens is 460 g/mol. The van der Waals surface area contributed by atoms with Crippen molar-refractivity contribution in [1.29, 1.82) is 0 Å². The molecular formula is C22H14N6O5S. The van der Waals surface area contributed by atoms with Crippen molar-refractivity contribution in [2.75, 3.05) is 0 Å². The molecule has 34 heavy (non-hydrogen) atoms. The van der Waals surface area contributed by atoms with Gasteiger partial charge in [0.1, 0.15) is 0 Å². The minimum atomic E-state index is -0.748. The first-order chi connectivity index (χ1) is 16.6. The summed E-state index contributed by atoms with van der Waals surface area (Å²) < 4.78 is 12.4. The zero-order chi connectivity index (χ0) is 23.5. The van der Waals surface area contributed by atoms with E-state index in [1.807, 2.05) is 47.8 Å². The number of nitrogens with zero attached hydrogens (tertiary/aromatic N) is 6. The summed E-state index contributed by atoms with van der Waals surface area (Å²) in [5, 5.41) is 24.8. The van der Waals surface area contributed by atoms with Crippen molar-refractivity contribution >= 4 is 23.0 Å². The van der Waals surface area contributed by atoms with Crippen molar-refractivity contribution < 1.29 is 18.9 Å². The first-order valence-corrected chi connectivity index (χ1v) is 10.8. The van der Waals surface area contributed by atoms with Crippen LogP contribution in [0, 0.1) is 10.1 Å². The number of carbonyl (C=O) groups excluding carboxylic acids is 1. The van der Waals surface area contributed by atoms with Crippen LogP contribution in [0.25, 0.3) is 27.8 Å². The van der Waals surface area contributed by atoms with Crippen LogP contribution in [0.5, 0.6) is 0 Å². The van der Waals surface area contributed by atoms with Crippen LogP contribution in [0.2, 0.25) is 0 Å². The van der Waals surface area contributed by atoms with Gasteiger partial charge in [-0.3, -0.25) is 10.1 Å². The standard InChI is InChI=1S/C22H14N6O5S/c29-22(32-13-18-24-25-21(33-18)14-8-10-16(11-9-14)28(30)31)19-23-20(17-7-4-12-34-17)27(26-19)15-5-2-1-3-6-15/h1-12H,13H2. The third-order valence-electron chi connectivity index (χ3n) is 4.65. The van der Waals surface area contributed by atoms with E-state index in [2.05, 4.69) is 20.3 Å². The fraction of sp³-hybridized carbons (Fsp3) is 0.0455. The number of thiophene rings is 1. The molecule has 0 aliphatic heterocycles. The average Bonchev–Trinajstić information content (AvgIpc) is 3.64. The molecule has 168 valence electrons. The van der Waals surface area contributed by atoms with Crippen LogP contribution in [0.3, 0.4) is 0 Å². The van der Waals surface area contributed by atoms with E-state index in [1.165, 1.54) is 35.6 Å². The van der Waals surface area contributed by atoms with Gasteiger partial charge in [0, 0.05) is 17.7 Å². The number of rotatable bonds is 7.